The van der Waals surface area contributed by atoms with Crippen LogP contribution >= 0.6 is 0 Å². The van der Waals surface area contributed by atoms with Crippen LogP contribution in [0.5, 0.6) is 5.75 Å². The van der Waals surface area contributed by atoms with E-state index in [2.05, 4.69) is 23.8 Å². The summed E-state index contributed by atoms with van der Waals surface area (Å²) in [6.07, 6.45) is 13.1. The van der Waals surface area contributed by atoms with Crippen LogP contribution in [0.1, 0.15) is 71.3 Å². The minimum Gasteiger partial charge on any atom is -0.426 e. The van der Waals surface area contributed by atoms with Crippen molar-refractivity contribution >= 4 is 5.97 Å². The molecule has 0 saturated carbocycles. The highest BCUT2D eigenvalue weighted by molar-refractivity contribution is 5.75. The summed E-state index contributed by atoms with van der Waals surface area (Å²) < 4.78 is 5.43. The molecule has 1 heterocycles. The van der Waals surface area contributed by atoms with Gasteiger partial charge in [-0.05, 0) is 49.1 Å². The lowest BCUT2D eigenvalue weighted by atomic mass is 10.1. The number of esters is 1. The number of rotatable bonds is 11. The van der Waals surface area contributed by atoms with E-state index >= 15 is 0 Å². The van der Waals surface area contributed by atoms with Crippen molar-refractivity contribution in [1.82, 2.24) is 9.97 Å². The Morgan fingerprint density at radius 1 is 0.963 bits per heavy atom. The number of aryl methyl sites for hydroxylation is 1. The molecule has 4 heteroatoms. The SMILES string of the molecule is CCCCCCCc1cnc(-c2ccc(OC(=O)C(C)CCC)cc2)nc1. The molecule has 1 unspecified atom stereocenters. The molecule has 0 saturated heterocycles. The fourth-order valence-corrected chi connectivity index (χ4v) is 3.01. The van der Waals surface area contributed by atoms with Gasteiger partial charge in [0.2, 0.25) is 0 Å². The van der Waals surface area contributed by atoms with Gasteiger partial charge in [-0.25, -0.2) is 9.97 Å². The van der Waals surface area contributed by atoms with Crippen molar-refractivity contribution < 1.29 is 9.53 Å². The fourth-order valence-electron chi connectivity index (χ4n) is 3.01. The Balaban J connectivity index is 1.88. The molecule has 0 aliphatic heterocycles. The molecule has 0 bridgehead atoms. The van der Waals surface area contributed by atoms with E-state index < -0.39 is 0 Å². The van der Waals surface area contributed by atoms with E-state index in [1.54, 1.807) is 12.1 Å². The average Bonchev–Trinajstić information content (AvgIpc) is 2.69. The van der Waals surface area contributed by atoms with E-state index in [0.29, 0.717) is 11.6 Å². The molecular formula is C23H32N2O2. The van der Waals surface area contributed by atoms with Crippen LogP contribution in [0.3, 0.4) is 0 Å². The summed E-state index contributed by atoms with van der Waals surface area (Å²) in [6, 6.07) is 7.40. The molecule has 2 aromatic rings. The Morgan fingerprint density at radius 3 is 2.26 bits per heavy atom. The summed E-state index contributed by atoms with van der Waals surface area (Å²) in [6.45, 7) is 6.20. The third-order valence-corrected chi connectivity index (χ3v) is 4.73. The van der Waals surface area contributed by atoms with Crippen molar-refractivity contribution in [2.45, 2.75) is 72.1 Å². The number of benzene rings is 1. The van der Waals surface area contributed by atoms with Gasteiger partial charge in [-0.15, -0.1) is 0 Å². The topological polar surface area (TPSA) is 52.1 Å². The molecule has 0 fully saturated rings. The minimum atomic E-state index is -0.177. The van der Waals surface area contributed by atoms with Crippen molar-refractivity contribution in [3.05, 3.63) is 42.2 Å². The summed E-state index contributed by atoms with van der Waals surface area (Å²) in [7, 11) is 0. The maximum Gasteiger partial charge on any atom is 0.314 e. The predicted octanol–water partition coefficient (Wildman–Crippen LogP) is 6.00. The molecule has 1 aromatic carbocycles. The fraction of sp³-hybridized carbons (Fsp3) is 0.522. The molecule has 0 aliphatic rings. The summed E-state index contributed by atoms with van der Waals surface area (Å²) in [4.78, 5) is 21.0. The number of hydrogen-bond donors (Lipinski definition) is 0. The minimum absolute atomic E-state index is 0.0764. The van der Waals surface area contributed by atoms with Gasteiger partial charge < -0.3 is 4.74 Å². The maximum absolute atomic E-state index is 12.0. The van der Waals surface area contributed by atoms with Gasteiger partial charge in [0.15, 0.2) is 5.82 Å². The molecule has 27 heavy (non-hydrogen) atoms. The third-order valence-electron chi connectivity index (χ3n) is 4.73. The molecule has 4 nitrogen and oxygen atoms in total. The van der Waals surface area contributed by atoms with E-state index in [1.807, 2.05) is 31.5 Å². The Labute approximate surface area is 163 Å². The van der Waals surface area contributed by atoms with E-state index in [4.69, 9.17) is 4.74 Å². The maximum atomic E-state index is 12.0. The van der Waals surface area contributed by atoms with Crippen LogP contribution in [0.4, 0.5) is 0 Å². The van der Waals surface area contributed by atoms with Crippen LogP contribution in [0.25, 0.3) is 11.4 Å². The van der Waals surface area contributed by atoms with Crippen LogP contribution < -0.4 is 4.74 Å². The Hall–Kier alpha value is -2.23. The summed E-state index contributed by atoms with van der Waals surface area (Å²) in [5.41, 5.74) is 2.11. The smallest absolute Gasteiger partial charge is 0.314 e. The number of carbonyl (C=O) groups excluding carboxylic acids is 1. The first-order valence-corrected chi connectivity index (χ1v) is 10.3. The standard InChI is InChI=1S/C23H32N2O2/c1-4-6-7-8-9-11-19-16-24-22(25-17-19)20-12-14-21(15-13-20)27-23(26)18(3)10-5-2/h12-18H,4-11H2,1-3H3. The Morgan fingerprint density at radius 2 is 1.63 bits per heavy atom. The zero-order valence-corrected chi connectivity index (χ0v) is 16.9. The number of aromatic nitrogens is 2. The number of ether oxygens (including phenoxy) is 1. The highest BCUT2D eigenvalue weighted by Gasteiger charge is 2.14. The number of hydrogen-bond acceptors (Lipinski definition) is 4. The number of nitrogens with zero attached hydrogens (tertiary/aromatic N) is 2. The lowest BCUT2D eigenvalue weighted by Gasteiger charge is -2.10. The van der Waals surface area contributed by atoms with Crippen molar-refractivity contribution in [2.75, 3.05) is 0 Å². The summed E-state index contributed by atoms with van der Waals surface area (Å²) in [5, 5.41) is 0. The molecule has 0 radical (unpaired) electrons. The Bertz CT molecular complexity index is 681. The van der Waals surface area contributed by atoms with Crippen LogP contribution in [0, 0.1) is 5.92 Å². The Kier molecular flexibility index (Phi) is 8.96. The highest BCUT2D eigenvalue weighted by atomic mass is 16.5. The largest absolute Gasteiger partial charge is 0.426 e. The molecule has 1 atom stereocenters. The molecule has 2 rings (SSSR count). The zero-order chi connectivity index (χ0) is 19.5. The third kappa shape index (κ3) is 7.12. The van der Waals surface area contributed by atoms with Gasteiger partial charge in [0.1, 0.15) is 5.75 Å². The van der Waals surface area contributed by atoms with Gasteiger partial charge >= 0.3 is 5.97 Å². The quantitative estimate of drug-likeness (QED) is 0.277. The summed E-state index contributed by atoms with van der Waals surface area (Å²) >= 11 is 0. The first kappa shape index (κ1) is 21.1. The van der Waals surface area contributed by atoms with Gasteiger partial charge in [0, 0.05) is 18.0 Å². The molecular weight excluding hydrogens is 336 g/mol. The molecule has 0 N–H and O–H groups in total. The van der Waals surface area contributed by atoms with Gasteiger partial charge in [-0.3, -0.25) is 4.79 Å². The number of carbonyl (C=O) groups is 1. The van der Waals surface area contributed by atoms with E-state index in [0.717, 1.165) is 24.8 Å². The number of unbranched alkanes of at least 4 members (excludes halogenated alkanes) is 4. The summed E-state index contributed by atoms with van der Waals surface area (Å²) in [5.74, 6) is 1.01. The van der Waals surface area contributed by atoms with Gasteiger partial charge in [0.05, 0.1) is 5.92 Å². The zero-order valence-electron chi connectivity index (χ0n) is 16.9. The molecule has 0 aliphatic carbocycles. The van der Waals surface area contributed by atoms with Crippen molar-refractivity contribution in [2.24, 2.45) is 5.92 Å². The normalized spacial score (nSPS) is 12.0. The van der Waals surface area contributed by atoms with Crippen molar-refractivity contribution in [3.8, 4) is 17.1 Å². The van der Waals surface area contributed by atoms with Crippen LogP contribution in [-0.2, 0) is 11.2 Å². The van der Waals surface area contributed by atoms with E-state index in [9.17, 15) is 4.79 Å². The van der Waals surface area contributed by atoms with E-state index in [1.165, 1.54) is 37.7 Å². The molecule has 1 aromatic heterocycles. The van der Waals surface area contributed by atoms with Crippen molar-refractivity contribution in [1.29, 1.82) is 0 Å². The molecule has 0 amide bonds. The molecule has 146 valence electrons. The monoisotopic (exact) mass is 368 g/mol. The highest BCUT2D eigenvalue weighted by Crippen LogP contribution is 2.21. The second-order valence-corrected chi connectivity index (χ2v) is 7.21. The van der Waals surface area contributed by atoms with Crippen LogP contribution in [-0.4, -0.2) is 15.9 Å². The van der Waals surface area contributed by atoms with E-state index in [-0.39, 0.29) is 11.9 Å². The first-order valence-electron chi connectivity index (χ1n) is 10.3. The second-order valence-electron chi connectivity index (χ2n) is 7.21. The van der Waals surface area contributed by atoms with Gasteiger partial charge in [-0.1, -0.05) is 52.9 Å². The predicted molar refractivity (Wildman–Crippen MR) is 110 cm³/mol. The second kappa shape index (κ2) is 11.5. The van der Waals surface area contributed by atoms with Crippen LogP contribution in [0.2, 0.25) is 0 Å². The van der Waals surface area contributed by atoms with Gasteiger partial charge in [-0.2, -0.15) is 0 Å². The lowest BCUT2D eigenvalue weighted by Crippen LogP contribution is -2.17. The average molecular weight is 369 g/mol. The first-order chi connectivity index (χ1) is 13.1. The van der Waals surface area contributed by atoms with Crippen molar-refractivity contribution in [3.63, 3.8) is 0 Å². The van der Waals surface area contributed by atoms with Gasteiger partial charge in [0.25, 0.3) is 0 Å². The lowest BCUT2D eigenvalue weighted by molar-refractivity contribution is -0.138. The van der Waals surface area contributed by atoms with Crippen LogP contribution in [0.15, 0.2) is 36.7 Å². The molecule has 0 spiro atoms.